The van der Waals surface area contributed by atoms with Crippen LogP contribution in [0.25, 0.3) is 0 Å². The summed E-state index contributed by atoms with van der Waals surface area (Å²) in [5.74, 6) is -0.743. The van der Waals surface area contributed by atoms with Gasteiger partial charge in [0.05, 0.1) is 15.6 Å². The fourth-order valence-electron chi connectivity index (χ4n) is 2.04. The van der Waals surface area contributed by atoms with Crippen LogP contribution in [0.5, 0.6) is 5.75 Å². The Morgan fingerprint density at radius 2 is 1.89 bits per heavy atom. The van der Waals surface area contributed by atoms with E-state index in [2.05, 4.69) is 14.8 Å². The molecule has 2 aromatic rings. The number of carbonyl (C=O) groups is 1. The van der Waals surface area contributed by atoms with Gasteiger partial charge in [-0.25, -0.2) is 8.42 Å². The lowest BCUT2D eigenvalue weighted by Gasteiger charge is -2.12. The van der Waals surface area contributed by atoms with E-state index in [0.717, 1.165) is 18.2 Å². The van der Waals surface area contributed by atoms with Crippen LogP contribution in [0.1, 0.15) is 0 Å². The van der Waals surface area contributed by atoms with Crippen molar-refractivity contribution in [3.05, 3.63) is 47.5 Å². The summed E-state index contributed by atoms with van der Waals surface area (Å²) >= 11 is 5.78. The molecule has 27 heavy (non-hydrogen) atoms. The second-order valence-corrected chi connectivity index (χ2v) is 7.23. The first kappa shape index (κ1) is 20.9. The number of sulfonamides is 1. The van der Waals surface area contributed by atoms with E-state index >= 15 is 0 Å². The smallest absolute Gasteiger partial charge is 0.387 e. The summed E-state index contributed by atoms with van der Waals surface area (Å²) in [6.45, 7) is -3.24. The van der Waals surface area contributed by atoms with Gasteiger partial charge in [0.2, 0.25) is 5.91 Å². The average Bonchev–Trinajstić information content (AvgIpc) is 2.56. The number of nitrogens with one attached hydrogen (secondary N) is 2. The van der Waals surface area contributed by atoms with E-state index in [1.54, 1.807) is 6.07 Å². The summed E-state index contributed by atoms with van der Waals surface area (Å²) in [5, 5.41) is 2.26. The molecule has 0 unspecified atom stereocenters. The van der Waals surface area contributed by atoms with Gasteiger partial charge in [0.1, 0.15) is 12.4 Å². The highest BCUT2D eigenvalue weighted by Gasteiger charge is 2.18. The lowest BCUT2D eigenvalue weighted by Crippen LogP contribution is -2.17. The minimum Gasteiger partial charge on any atom is -0.433 e. The van der Waals surface area contributed by atoms with Crippen molar-refractivity contribution in [1.82, 2.24) is 0 Å². The number of benzene rings is 2. The maximum absolute atomic E-state index is 12.5. The molecule has 0 bridgehead atoms. The first-order valence-electron chi connectivity index (χ1n) is 7.37. The normalized spacial score (nSPS) is 11.3. The number of hydrogen-bond acceptors (Lipinski definition) is 5. The van der Waals surface area contributed by atoms with Crippen LogP contribution >= 0.6 is 11.6 Å². The molecule has 0 saturated carbocycles. The van der Waals surface area contributed by atoms with Crippen molar-refractivity contribution in [3.8, 4) is 5.75 Å². The van der Waals surface area contributed by atoms with Crippen LogP contribution in [0.4, 0.5) is 20.2 Å². The van der Waals surface area contributed by atoms with E-state index in [9.17, 15) is 22.0 Å². The Kier molecular flexibility index (Phi) is 6.94. The predicted octanol–water partition coefficient (Wildman–Crippen LogP) is 3.33. The summed E-state index contributed by atoms with van der Waals surface area (Å²) in [6.07, 6.45) is 0. The Labute approximate surface area is 159 Å². The van der Waals surface area contributed by atoms with Crippen LogP contribution in [-0.2, 0) is 19.6 Å². The van der Waals surface area contributed by atoms with Crippen LogP contribution in [0.3, 0.4) is 0 Å². The fourth-order valence-corrected chi connectivity index (χ4v) is 3.41. The second-order valence-electron chi connectivity index (χ2n) is 5.14. The van der Waals surface area contributed by atoms with Crippen LogP contribution in [0.2, 0.25) is 5.02 Å². The summed E-state index contributed by atoms with van der Waals surface area (Å²) in [6, 6.07) is 9.08. The zero-order valence-electron chi connectivity index (χ0n) is 13.9. The van der Waals surface area contributed by atoms with Crippen molar-refractivity contribution in [2.75, 3.05) is 23.8 Å². The van der Waals surface area contributed by atoms with E-state index in [4.69, 9.17) is 16.3 Å². The maximum Gasteiger partial charge on any atom is 0.387 e. The van der Waals surface area contributed by atoms with E-state index in [0.29, 0.717) is 5.69 Å². The minimum atomic E-state index is -4.05. The van der Waals surface area contributed by atoms with Gasteiger partial charge in [-0.05, 0) is 36.4 Å². The first-order chi connectivity index (χ1) is 12.7. The average molecular weight is 421 g/mol. The molecule has 0 radical (unpaired) electrons. The predicted molar refractivity (Wildman–Crippen MR) is 95.8 cm³/mol. The van der Waals surface area contributed by atoms with E-state index < -0.39 is 22.5 Å². The summed E-state index contributed by atoms with van der Waals surface area (Å²) in [7, 11) is -2.68. The van der Waals surface area contributed by atoms with E-state index in [-0.39, 0.29) is 28.0 Å². The molecule has 2 rings (SSSR count). The van der Waals surface area contributed by atoms with Gasteiger partial charge in [-0.3, -0.25) is 9.52 Å². The highest BCUT2D eigenvalue weighted by atomic mass is 35.5. The molecule has 2 N–H and O–H groups in total. The van der Waals surface area contributed by atoms with E-state index in [1.807, 2.05) is 0 Å². The highest BCUT2D eigenvalue weighted by Crippen LogP contribution is 2.29. The lowest BCUT2D eigenvalue weighted by atomic mass is 10.3. The number of alkyl halides is 2. The molecule has 0 aliphatic carbocycles. The van der Waals surface area contributed by atoms with Gasteiger partial charge >= 0.3 is 6.61 Å². The number of hydrogen-bond donors (Lipinski definition) is 2. The van der Waals surface area contributed by atoms with Gasteiger partial charge < -0.3 is 14.8 Å². The number of amides is 1. The summed E-state index contributed by atoms with van der Waals surface area (Å²) in [4.78, 5) is 11.3. The zero-order chi connectivity index (χ0) is 20.0. The Morgan fingerprint density at radius 1 is 1.19 bits per heavy atom. The molecule has 2 aromatic carbocycles. The van der Waals surface area contributed by atoms with Gasteiger partial charge in [-0.1, -0.05) is 17.7 Å². The number of ether oxygens (including phenoxy) is 2. The Morgan fingerprint density at radius 3 is 2.52 bits per heavy atom. The standard InChI is InChI=1S/C16H15ClF2N2O5S/c1-25-9-15(22)20-10-3-2-4-11(7-10)21-27(23,24)12-5-6-14(13(17)8-12)26-16(18)19/h2-8,16,21H,9H2,1H3,(H,20,22). The van der Waals surface area contributed by atoms with Crippen molar-refractivity contribution in [1.29, 1.82) is 0 Å². The third-order valence-corrected chi connectivity index (χ3v) is 4.78. The van der Waals surface area contributed by atoms with Gasteiger partial charge in [0.25, 0.3) is 10.0 Å². The molecule has 1 amide bonds. The summed E-state index contributed by atoms with van der Waals surface area (Å²) < 4.78 is 60.6. The molecule has 0 heterocycles. The van der Waals surface area contributed by atoms with Crippen LogP contribution in [0, 0.1) is 0 Å². The Balaban J connectivity index is 2.19. The molecule has 7 nitrogen and oxygen atoms in total. The zero-order valence-corrected chi connectivity index (χ0v) is 15.5. The molecular weight excluding hydrogens is 406 g/mol. The molecule has 0 saturated heterocycles. The van der Waals surface area contributed by atoms with Crippen molar-refractivity contribution < 1.29 is 31.5 Å². The van der Waals surface area contributed by atoms with Gasteiger partial charge in [-0.2, -0.15) is 8.78 Å². The third kappa shape index (κ3) is 6.05. The van der Waals surface area contributed by atoms with Crippen LogP contribution < -0.4 is 14.8 Å². The number of halogens is 3. The third-order valence-electron chi connectivity index (χ3n) is 3.10. The molecule has 0 aromatic heterocycles. The maximum atomic E-state index is 12.5. The molecule has 0 spiro atoms. The van der Waals surface area contributed by atoms with Crippen molar-refractivity contribution in [2.45, 2.75) is 11.5 Å². The molecular formula is C16H15ClF2N2O5S. The number of rotatable bonds is 8. The molecule has 0 aliphatic rings. The minimum absolute atomic E-state index is 0.151. The number of methoxy groups -OCH3 is 1. The molecule has 146 valence electrons. The van der Waals surface area contributed by atoms with Crippen molar-refractivity contribution in [2.24, 2.45) is 0 Å². The Bertz CT molecular complexity index is 925. The molecule has 0 fully saturated rings. The number of anilines is 2. The van der Waals surface area contributed by atoms with Gasteiger partial charge in [0.15, 0.2) is 0 Å². The molecule has 11 heteroatoms. The topological polar surface area (TPSA) is 93.7 Å². The van der Waals surface area contributed by atoms with E-state index in [1.165, 1.54) is 25.3 Å². The second kappa shape index (κ2) is 8.98. The molecule has 0 aliphatic heterocycles. The Hall–Kier alpha value is -2.43. The summed E-state index contributed by atoms with van der Waals surface area (Å²) in [5.41, 5.74) is 0.533. The largest absolute Gasteiger partial charge is 0.433 e. The van der Waals surface area contributed by atoms with Crippen LogP contribution in [0.15, 0.2) is 47.4 Å². The SMILES string of the molecule is COCC(=O)Nc1cccc(NS(=O)(=O)c2ccc(OC(F)F)c(Cl)c2)c1. The monoisotopic (exact) mass is 420 g/mol. The quantitative estimate of drug-likeness (QED) is 0.683. The van der Waals surface area contributed by atoms with Crippen LogP contribution in [-0.4, -0.2) is 34.7 Å². The van der Waals surface area contributed by atoms with Gasteiger partial charge in [0, 0.05) is 12.8 Å². The first-order valence-corrected chi connectivity index (χ1v) is 9.23. The van der Waals surface area contributed by atoms with Gasteiger partial charge in [-0.15, -0.1) is 0 Å². The highest BCUT2D eigenvalue weighted by molar-refractivity contribution is 7.92. The van der Waals surface area contributed by atoms with Crippen molar-refractivity contribution in [3.63, 3.8) is 0 Å². The lowest BCUT2D eigenvalue weighted by molar-refractivity contribution is -0.119. The van der Waals surface area contributed by atoms with Crippen molar-refractivity contribution >= 4 is 38.9 Å². The molecule has 0 atom stereocenters. The fraction of sp³-hybridized carbons (Fsp3) is 0.188. The number of carbonyl (C=O) groups excluding carboxylic acids is 1.